The summed E-state index contributed by atoms with van der Waals surface area (Å²) in [5, 5.41) is 0. The van der Waals surface area contributed by atoms with Crippen molar-refractivity contribution in [2.45, 2.75) is 19.4 Å². The summed E-state index contributed by atoms with van der Waals surface area (Å²) in [6.07, 6.45) is 2.77. The lowest BCUT2D eigenvalue weighted by Crippen LogP contribution is -2.35. The second kappa shape index (κ2) is 4.88. The molecule has 0 aliphatic carbocycles. The van der Waals surface area contributed by atoms with Crippen molar-refractivity contribution in [1.29, 1.82) is 0 Å². The average Bonchev–Trinajstić information content (AvgIpc) is 2.48. The Kier molecular flexibility index (Phi) is 3.07. The summed E-state index contributed by atoms with van der Waals surface area (Å²) < 4.78 is 5.17. The van der Waals surface area contributed by atoms with Gasteiger partial charge in [0.25, 0.3) is 0 Å². The van der Waals surface area contributed by atoms with Crippen LogP contribution >= 0.6 is 0 Å². The predicted octanol–water partition coefficient (Wildman–Crippen LogP) is 2.61. The number of hydrogen-bond acceptors (Lipinski definition) is 4. The molecule has 0 saturated heterocycles. The number of rotatable bonds is 2. The van der Waals surface area contributed by atoms with Gasteiger partial charge in [-0.1, -0.05) is 24.3 Å². The van der Waals surface area contributed by atoms with Crippen molar-refractivity contribution >= 4 is 5.95 Å². The molecule has 4 nitrogen and oxygen atoms in total. The average molecular weight is 255 g/mol. The first kappa shape index (κ1) is 12.0. The SMILES string of the molecule is COc1ccnc(N2CCc3ccccc3C2C)n1. The molecule has 19 heavy (non-hydrogen) atoms. The molecule has 1 unspecified atom stereocenters. The Balaban J connectivity index is 1.95. The Labute approximate surface area is 113 Å². The Morgan fingerprint density at radius 3 is 2.95 bits per heavy atom. The minimum absolute atomic E-state index is 0.289. The van der Waals surface area contributed by atoms with Gasteiger partial charge in [0.1, 0.15) is 0 Å². The Morgan fingerprint density at radius 2 is 2.11 bits per heavy atom. The van der Waals surface area contributed by atoms with E-state index in [1.807, 2.05) is 0 Å². The molecule has 0 amide bonds. The van der Waals surface area contributed by atoms with Crippen molar-refractivity contribution in [1.82, 2.24) is 9.97 Å². The van der Waals surface area contributed by atoms with Crippen molar-refractivity contribution in [2.24, 2.45) is 0 Å². The van der Waals surface area contributed by atoms with Gasteiger partial charge in [-0.05, 0) is 24.5 Å². The lowest BCUT2D eigenvalue weighted by molar-refractivity contribution is 0.396. The van der Waals surface area contributed by atoms with Crippen LogP contribution in [0.2, 0.25) is 0 Å². The van der Waals surface area contributed by atoms with Crippen LogP contribution < -0.4 is 9.64 Å². The molecule has 1 atom stereocenters. The Bertz CT molecular complexity index is 585. The molecule has 1 aliphatic rings. The largest absolute Gasteiger partial charge is 0.481 e. The highest BCUT2D eigenvalue weighted by Gasteiger charge is 2.25. The van der Waals surface area contributed by atoms with E-state index in [0.29, 0.717) is 5.88 Å². The third-order valence-corrected chi connectivity index (χ3v) is 3.68. The zero-order chi connectivity index (χ0) is 13.2. The molecule has 1 aliphatic heterocycles. The molecular formula is C15H17N3O. The molecule has 98 valence electrons. The van der Waals surface area contributed by atoms with Crippen molar-refractivity contribution in [3.63, 3.8) is 0 Å². The Morgan fingerprint density at radius 1 is 1.26 bits per heavy atom. The zero-order valence-electron chi connectivity index (χ0n) is 11.2. The number of hydrogen-bond donors (Lipinski definition) is 0. The summed E-state index contributed by atoms with van der Waals surface area (Å²) in [5.74, 6) is 1.34. The maximum atomic E-state index is 5.17. The second-order valence-corrected chi connectivity index (χ2v) is 4.72. The first-order valence-electron chi connectivity index (χ1n) is 6.51. The van der Waals surface area contributed by atoms with E-state index in [9.17, 15) is 0 Å². The summed E-state index contributed by atoms with van der Waals surface area (Å²) >= 11 is 0. The number of aromatic nitrogens is 2. The first-order valence-corrected chi connectivity index (χ1v) is 6.51. The van der Waals surface area contributed by atoms with E-state index in [2.05, 4.69) is 46.1 Å². The summed E-state index contributed by atoms with van der Waals surface area (Å²) in [6, 6.07) is 10.6. The molecule has 1 aromatic heterocycles. The number of anilines is 1. The minimum Gasteiger partial charge on any atom is -0.481 e. The third-order valence-electron chi connectivity index (χ3n) is 3.68. The highest BCUT2D eigenvalue weighted by atomic mass is 16.5. The summed E-state index contributed by atoms with van der Waals surface area (Å²) in [6.45, 7) is 3.13. The van der Waals surface area contributed by atoms with Gasteiger partial charge in [0, 0.05) is 18.8 Å². The molecule has 2 aromatic rings. The first-order chi connectivity index (χ1) is 9.29. The molecule has 0 radical (unpaired) electrons. The van der Waals surface area contributed by atoms with Crippen molar-refractivity contribution < 1.29 is 4.74 Å². The number of benzene rings is 1. The lowest BCUT2D eigenvalue weighted by Gasteiger charge is -2.35. The predicted molar refractivity (Wildman–Crippen MR) is 74.5 cm³/mol. The summed E-state index contributed by atoms with van der Waals surface area (Å²) in [4.78, 5) is 11.0. The van der Waals surface area contributed by atoms with Crippen LogP contribution in [0.5, 0.6) is 5.88 Å². The fourth-order valence-electron chi connectivity index (χ4n) is 2.63. The van der Waals surface area contributed by atoms with Crippen LogP contribution in [0.3, 0.4) is 0 Å². The second-order valence-electron chi connectivity index (χ2n) is 4.72. The number of fused-ring (bicyclic) bond motifs is 1. The molecule has 0 bridgehead atoms. The van der Waals surface area contributed by atoms with E-state index in [1.54, 1.807) is 19.4 Å². The molecule has 1 aromatic carbocycles. The minimum atomic E-state index is 0.289. The highest BCUT2D eigenvalue weighted by Crippen LogP contribution is 2.31. The zero-order valence-corrected chi connectivity index (χ0v) is 11.2. The van der Waals surface area contributed by atoms with Gasteiger partial charge >= 0.3 is 0 Å². The summed E-state index contributed by atoms with van der Waals surface area (Å²) in [5.41, 5.74) is 2.79. The fraction of sp³-hybridized carbons (Fsp3) is 0.333. The van der Waals surface area contributed by atoms with E-state index in [0.717, 1.165) is 18.9 Å². The van der Waals surface area contributed by atoms with Crippen LogP contribution in [0.15, 0.2) is 36.5 Å². The molecule has 3 rings (SSSR count). The fourth-order valence-corrected chi connectivity index (χ4v) is 2.63. The number of ether oxygens (including phenoxy) is 1. The monoisotopic (exact) mass is 255 g/mol. The van der Waals surface area contributed by atoms with Crippen molar-refractivity contribution in [3.05, 3.63) is 47.7 Å². The standard InChI is InChI=1S/C15H17N3O/c1-11-13-6-4-3-5-12(13)8-10-18(11)15-16-9-7-14(17-15)19-2/h3-7,9,11H,8,10H2,1-2H3. The smallest absolute Gasteiger partial charge is 0.229 e. The molecule has 0 fully saturated rings. The van der Waals surface area contributed by atoms with Gasteiger partial charge in [0.05, 0.1) is 13.2 Å². The van der Waals surface area contributed by atoms with E-state index >= 15 is 0 Å². The number of methoxy groups -OCH3 is 1. The van der Waals surface area contributed by atoms with E-state index in [-0.39, 0.29) is 6.04 Å². The van der Waals surface area contributed by atoms with Crippen molar-refractivity contribution in [3.8, 4) is 5.88 Å². The van der Waals surface area contributed by atoms with Crippen LogP contribution in [0.25, 0.3) is 0 Å². The van der Waals surface area contributed by atoms with Gasteiger partial charge < -0.3 is 9.64 Å². The van der Waals surface area contributed by atoms with E-state index in [4.69, 9.17) is 4.74 Å². The van der Waals surface area contributed by atoms with Gasteiger partial charge in [0.15, 0.2) is 0 Å². The van der Waals surface area contributed by atoms with Gasteiger partial charge in [-0.3, -0.25) is 0 Å². The number of nitrogens with zero attached hydrogens (tertiary/aromatic N) is 3. The quantitative estimate of drug-likeness (QED) is 0.826. The van der Waals surface area contributed by atoms with Crippen molar-refractivity contribution in [2.75, 3.05) is 18.6 Å². The third kappa shape index (κ3) is 2.14. The summed E-state index contributed by atoms with van der Waals surface area (Å²) in [7, 11) is 1.63. The van der Waals surface area contributed by atoms with Crippen LogP contribution in [-0.4, -0.2) is 23.6 Å². The molecule has 0 N–H and O–H groups in total. The highest BCUT2D eigenvalue weighted by molar-refractivity contribution is 5.43. The van der Waals surface area contributed by atoms with Gasteiger partial charge in [-0.2, -0.15) is 4.98 Å². The van der Waals surface area contributed by atoms with Gasteiger partial charge in [-0.15, -0.1) is 0 Å². The lowest BCUT2D eigenvalue weighted by atomic mass is 9.94. The molecule has 4 heteroatoms. The normalized spacial score (nSPS) is 18.0. The molecule has 2 heterocycles. The maximum Gasteiger partial charge on any atom is 0.229 e. The Hall–Kier alpha value is -2.10. The van der Waals surface area contributed by atoms with Crippen LogP contribution in [-0.2, 0) is 6.42 Å². The molecule has 0 saturated carbocycles. The molecular weight excluding hydrogens is 238 g/mol. The van der Waals surface area contributed by atoms with E-state index < -0.39 is 0 Å². The van der Waals surface area contributed by atoms with Crippen LogP contribution in [0.4, 0.5) is 5.95 Å². The van der Waals surface area contributed by atoms with Gasteiger partial charge in [0.2, 0.25) is 11.8 Å². The molecule has 0 spiro atoms. The topological polar surface area (TPSA) is 38.2 Å². The van der Waals surface area contributed by atoms with Crippen LogP contribution in [0, 0.1) is 0 Å². The van der Waals surface area contributed by atoms with Crippen LogP contribution in [0.1, 0.15) is 24.1 Å². The van der Waals surface area contributed by atoms with E-state index in [1.165, 1.54) is 11.1 Å². The maximum absolute atomic E-state index is 5.17. The van der Waals surface area contributed by atoms with Gasteiger partial charge in [-0.25, -0.2) is 4.98 Å².